The van der Waals surface area contributed by atoms with Crippen LogP contribution in [0.2, 0.25) is 0 Å². The number of aromatic nitrogens is 2. The highest BCUT2D eigenvalue weighted by Crippen LogP contribution is 2.26. The van der Waals surface area contributed by atoms with Crippen LogP contribution in [-0.4, -0.2) is 21.3 Å². The van der Waals surface area contributed by atoms with Crippen molar-refractivity contribution >= 4 is 0 Å². The quantitative estimate of drug-likeness (QED) is 0.849. The Balaban J connectivity index is 2.71. The normalized spacial score (nSPS) is 12.6. The van der Waals surface area contributed by atoms with E-state index < -0.39 is 17.4 Å². The lowest BCUT2D eigenvalue weighted by Gasteiger charge is -2.22. The number of hydrogen-bond donors (Lipinski definition) is 2. The molecule has 1 aromatic heterocycles. The lowest BCUT2D eigenvalue weighted by Crippen LogP contribution is -2.37. The Morgan fingerprint density at radius 1 is 1.22 bits per heavy atom. The fraction of sp³-hybridized carbons (Fsp3) is 0.412. The van der Waals surface area contributed by atoms with Crippen LogP contribution in [-0.2, 0) is 11.5 Å². The predicted octanol–water partition coefficient (Wildman–Crippen LogP) is 1.74. The van der Waals surface area contributed by atoms with Crippen molar-refractivity contribution in [2.75, 3.05) is 6.61 Å². The molecule has 1 aromatic carbocycles. The van der Waals surface area contributed by atoms with Crippen molar-refractivity contribution in [2.45, 2.75) is 39.5 Å². The van der Waals surface area contributed by atoms with Crippen LogP contribution >= 0.6 is 0 Å². The Hall–Kier alpha value is -2.18. The van der Waals surface area contributed by atoms with E-state index in [1.807, 2.05) is 26.8 Å². The van der Waals surface area contributed by atoms with Gasteiger partial charge in [-0.15, -0.1) is 0 Å². The van der Waals surface area contributed by atoms with Crippen LogP contribution in [0.4, 0.5) is 0 Å². The molecular weight excluding hydrogens is 296 g/mol. The van der Waals surface area contributed by atoms with E-state index in [2.05, 4.69) is 4.98 Å². The molecule has 0 saturated carbocycles. The van der Waals surface area contributed by atoms with E-state index >= 15 is 0 Å². The van der Waals surface area contributed by atoms with E-state index in [1.54, 1.807) is 24.3 Å². The Morgan fingerprint density at radius 2 is 1.87 bits per heavy atom. The highest BCUT2D eigenvalue weighted by molar-refractivity contribution is 5.32. The summed E-state index contributed by atoms with van der Waals surface area (Å²) in [4.78, 5) is 26.7. The number of H-pyrrole nitrogens is 1. The van der Waals surface area contributed by atoms with Gasteiger partial charge in [0.2, 0.25) is 0 Å². The van der Waals surface area contributed by atoms with Crippen molar-refractivity contribution < 1.29 is 9.84 Å². The molecule has 0 amide bonds. The van der Waals surface area contributed by atoms with Crippen LogP contribution in [0.15, 0.2) is 39.9 Å². The van der Waals surface area contributed by atoms with Gasteiger partial charge in [0.05, 0.1) is 5.69 Å². The first-order chi connectivity index (χ1) is 11.0. The smallest absolute Gasteiger partial charge is 0.330 e. The molecule has 2 aromatic rings. The van der Waals surface area contributed by atoms with Crippen molar-refractivity contribution in [3.8, 4) is 0 Å². The molecule has 0 radical (unpaired) electrons. The van der Waals surface area contributed by atoms with Crippen molar-refractivity contribution in [1.82, 2.24) is 9.55 Å². The van der Waals surface area contributed by atoms with E-state index in [4.69, 9.17) is 4.74 Å². The van der Waals surface area contributed by atoms with Crippen molar-refractivity contribution in [3.63, 3.8) is 0 Å². The summed E-state index contributed by atoms with van der Waals surface area (Å²) in [6.45, 7) is 5.91. The Morgan fingerprint density at radius 3 is 2.43 bits per heavy atom. The standard InChI is InChI=1S/C17H22N2O4/c1-4-23-10-19-14(15(20)12-8-6-5-7-9-12)13(11(2)3)16(21)18-17(19)22/h5-9,11,15,20H,4,10H2,1-3H3,(H,18,21,22). The number of aromatic amines is 1. The van der Waals surface area contributed by atoms with Gasteiger partial charge in [0.25, 0.3) is 5.56 Å². The number of hydrogen-bond acceptors (Lipinski definition) is 4. The number of rotatable bonds is 6. The second kappa shape index (κ2) is 7.39. The molecule has 2 rings (SSSR count). The first-order valence-electron chi connectivity index (χ1n) is 7.65. The predicted molar refractivity (Wildman–Crippen MR) is 87.5 cm³/mol. The van der Waals surface area contributed by atoms with Crippen molar-refractivity contribution in [2.24, 2.45) is 0 Å². The molecule has 6 nitrogen and oxygen atoms in total. The van der Waals surface area contributed by atoms with E-state index in [-0.39, 0.29) is 18.3 Å². The first kappa shape index (κ1) is 17.2. The third kappa shape index (κ3) is 3.60. The fourth-order valence-corrected chi connectivity index (χ4v) is 2.56. The molecule has 23 heavy (non-hydrogen) atoms. The molecule has 0 aliphatic rings. The molecule has 0 bridgehead atoms. The van der Waals surface area contributed by atoms with Crippen LogP contribution in [0.3, 0.4) is 0 Å². The zero-order valence-electron chi connectivity index (χ0n) is 13.6. The zero-order chi connectivity index (χ0) is 17.0. The van der Waals surface area contributed by atoms with E-state index in [1.165, 1.54) is 4.57 Å². The highest BCUT2D eigenvalue weighted by Gasteiger charge is 2.24. The van der Waals surface area contributed by atoms with Gasteiger partial charge in [-0.2, -0.15) is 0 Å². The molecule has 1 atom stereocenters. The van der Waals surface area contributed by atoms with Gasteiger partial charge in [0, 0.05) is 12.2 Å². The first-order valence-corrected chi connectivity index (χ1v) is 7.65. The molecular formula is C17H22N2O4. The summed E-state index contributed by atoms with van der Waals surface area (Å²) in [5, 5.41) is 10.8. The maximum atomic E-state index is 12.2. The van der Waals surface area contributed by atoms with Gasteiger partial charge in [0.15, 0.2) is 0 Å². The van der Waals surface area contributed by atoms with Gasteiger partial charge in [-0.05, 0) is 18.4 Å². The van der Waals surface area contributed by atoms with Gasteiger partial charge in [-0.25, -0.2) is 4.79 Å². The molecule has 0 aliphatic carbocycles. The van der Waals surface area contributed by atoms with Crippen LogP contribution in [0.25, 0.3) is 0 Å². The van der Waals surface area contributed by atoms with E-state index in [0.29, 0.717) is 17.7 Å². The van der Waals surface area contributed by atoms with E-state index in [9.17, 15) is 14.7 Å². The third-order valence-corrected chi connectivity index (χ3v) is 3.65. The second-order valence-electron chi connectivity index (χ2n) is 5.58. The summed E-state index contributed by atoms with van der Waals surface area (Å²) in [6.07, 6.45) is -1.08. The lowest BCUT2D eigenvalue weighted by atomic mass is 9.96. The van der Waals surface area contributed by atoms with Crippen molar-refractivity contribution in [1.29, 1.82) is 0 Å². The number of benzene rings is 1. The van der Waals surface area contributed by atoms with Gasteiger partial charge >= 0.3 is 5.69 Å². The fourth-order valence-electron chi connectivity index (χ4n) is 2.56. The average Bonchev–Trinajstić information content (AvgIpc) is 2.53. The number of aliphatic hydroxyl groups excluding tert-OH is 1. The zero-order valence-corrected chi connectivity index (χ0v) is 13.6. The van der Waals surface area contributed by atoms with Gasteiger partial charge in [-0.3, -0.25) is 14.3 Å². The summed E-state index contributed by atoms with van der Waals surface area (Å²) in [5.74, 6) is -0.152. The SMILES string of the molecule is CCOCn1c(C(O)c2ccccc2)c(C(C)C)c(=O)[nH]c1=O. The third-order valence-electron chi connectivity index (χ3n) is 3.65. The maximum absolute atomic E-state index is 12.2. The van der Waals surface area contributed by atoms with Crippen LogP contribution in [0, 0.1) is 0 Å². The highest BCUT2D eigenvalue weighted by atomic mass is 16.5. The monoisotopic (exact) mass is 318 g/mol. The Kier molecular flexibility index (Phi) is 5.52. The molecule has 0 fully saturated rings. The molecule has 124 valence electrons. The minimum absolute atomic E-state index is 0.0228. The minimum Gasteiger partial charge on any atom is -0.382 e. The average molecular weight is 318 g/mol. The Labute approximate surface area is 134 Å². The molecule has 6 heteroatoms. The van der Waals surface area contributed by atoms with Gasteiger partial charge < -0.3 is 9.84 Å². The lowest BCUT2D eigenvalue weighted by molar-refractivity contribution is 0.0751. The van der Waals surface area contributed by atoms with Crippen LogP contribution in [0.1, 0.15) is 49.6 Å². The van der Waals surface area contributed by atoms with Gasteiger partial charge in [0.1, 0.15) is 12.8 Å². The summed E-state index contributed by atoms with van der Waals surface area (Å²) in [5.41, 5.74) is 0.235. The Bertz CT molecular complexity index is 762. The molecule has 0 aliphatic heterocycles. The molecule has 0 spiro atoms. The summed E-state index contributed by atoms with van der Waals surface area (Å²) in [6, 6.07) is 8.94. The van der Waals surface area contributed by atoms with Crippen molar-refractivity contribution in [3.05, 3.63) is 68.0 Å². The largest absolute Gasteiger partial charge is 0.382 e. The summed E-state index contributed by atoms with van der Waals surface area (Å²) >= 11 is 0. The molecule has 0 saturated heterocycles. The van der Waals surface area contributed by atoms with Gasteiger partial charge in [-0.1, -0.05) is 44.2 Å². The minimum atomic E-state index is -1.08. The van der Waals surface area contributed by atoms with Crippen LogP contribution in [0.5, 0.6) is 0 Å². The summed E-state index contributed by atoms with van der Waals surface area (Å²) in [7, 11) is 0. The molecule has 2 N–H and O–H groups in total. The number of ether oxygens (including phenoxy) is 1. The summed E-state index contributed by atoms with van der Waals surface area (Å²) < 4.78 is 6.62. The van der Waals surface area contributed by atoms with E-state index in [0.717, 1.165) is 0 Å². The molecule has 1 unspecified atom stereocenters. The maximum Gasteiger partial charge on any atom is 0.330 e. The topological polar surface area (TPSA) is 84.3 Å². The van der Waals surface area contributed by atoms with Crippen LogP contribution < -0.4 is 11.2 Å². The number of nitrogens with one attached hydrogen (secondary N) is 1. The number of nitrogens with zero attached hydrogens (tertiary/aromatic N) is 1. The molecule has 1 heterocycles. The second-order valence-corrected chi connectivity index (χ2v) is 5.58. The number of aliphatic hydroxyl groups is 1.